The maximum absolute atomic E-state index is 10.4. The van der Waals surface area contributed by atoms with E-state index < -0.39 is 6.10 Å². The standard InChI is InChI=1S/C12H22N4O2/c1-3-5-15-6-7-18-11(9-15)12(17)10-8-13-14-16(10)4-2/h8,11-12,17H,3-7,9H2,1-2H3. The molecule has 1 N–H and O–H groups in total. The number of aryl methyl sites for hydroxylation is 1. The summed E-state index contributed by atoms with van der Waals surface area (Å²) in [5.74, 6) is 0. The number of aliphatic hydroxyl groups excluding tert-OH is 1. The number of morpholine rings is 1. The number of hydrogen-bond acceptors (Lipinski definition) is 5. The van der Waals surface area contributed by atoms with Gasteiger partial charge in [-0.05, 0) is 19.9 Å². The van der Waals surface area contributed by atoms with Gasteiger partial charge in [0.05, 0.1) is 18.5 Å². The zero-order valence-electron chi connectivity index (χ0n) is 11.1. The molecule has 0 spiro atoms. The second-order valence-corrected chi connectivity index (χ2v) is 4.63. The summed E-state index contributed by atoms with van der Waals surface area (Å²) in [5.41, 5.74) is 0.737. The van der Waals surface area contributed by atoms with Crippen LogP contribution in [0.5, 0.6) is 0 Å². The number of aliphatic hydroxyl groups is 1. The summed E-state index contributed by atoms with van der Waals surface area (Å²) in [5, 5.41) is 18.2. The van der Waals surface area contributed by atoms with Gasteiger partial charge in [0.1, 0.15) is 12.2 Å². The summed E-state index contributed by atoms with van der Waals surface area (Å²) >= 11 is 0. The van der Waals surface area contributed by atoms with Gasteiger partial charge in [-0.3, -0.25) is 4.90 Å². The summed E-state index contributed by atoms with van der Waals surface area (Å²) in [6.45, 7) is 8.30. The zero-order valence-corrected chi connectivity index (χ0v) is 11.1. The highest BCUT2D eigenvalue weighted by atomic mass is 16.5. The van der Waals surface area contributed by atoms with Gasteiger partial charge in [-0.25, -0.2) is 4.68 Å². The van der Waals surface area contributed by atoms with Crippen molar-refractivity contribution in [3.05, 3.63) is 11.9 Å². The molecule has 1 aliphatic heterocycles. The van der Waals surface area contributed by atoms with Gasteiger partial charge in [-0.1, -0.05) is 12.1 Å². The van der Waals surface area contributed by atoms with Crippen LogP contribution in [-0.4, -0.2) is 57.3 Å². The van der Waals surface area contributed by atoms with Crippen LogP contribution in [0, 0.1) is 0 Å². The van der Waals surface area contributed by atoms with Gasteiger partial charge in [-0.2, -0.15) is 0 Å². The Hall–Kier alpha value is -0.980. The minimum absolute atomic E-state index is 0.186. The molecule has 0 aromatic carbocycles. The highest BCUT2D eigenvalue weighted by Gasteiger charge is 2.29. The number of ether oxygens (including phenoxy) is 1. The predicted octanol–water partition coefficient (Wildman–Crippen LogP) is 0.442. The second-order valence-electron chi connectivity index (χ2n) is 4.63. The highest BCUT2D eigenvalue weighted by molar-refractivity contribution is 5.02. The largest absolute Gasteiger partial charge is 0.384 e. The lowest BCUT2D eigenvalue weighted by Crippen LogP contribution is -2.45. The van der Waals surface area contributed by atoms with Crippen molar-refractivity contribution in [2.75, 3.05) is 26.2 Å². The van der Waals surface area contributed by atoms with Crippen molar-refractivity contribution >= 4 is 0 Å². The normalized spacial score (nSPS) is 23.2. The first kappa shape index (κ1) is 13.5. The van der Waals surface area contributed by atoms with Gasteiger partial charge in [0.15, 0.2) is 0 Å². The molecule has 1 aliphatic rings. The van der Waals surface area contributed by atoms with Gasteiger partial charge in [0, 0.05) is 19.6 Å². The molecule has 2 heterocycles. The van der Waals surface area contributed by atoms with Crippen molar-refractivity contribution in [2.45, 2.75) is 39.0 Å². The van der Waals surface area contributed by atoms with Crippen LogP contribution in [0.15, 0.2) is 6.20 Å². The SMILES string of the molecule is CCCN1CCOC(C(O)c2cnnn2CC)C1. The van der Waals surface area contributed by atoms with Crippen molar-refractivity contribution in [1.82, 2.24) is 19.9 Å². The fraction of sp³-hybridized carbons (Fsp3) is 0.833. The molecule has 2 rings (SSSR count). The average molecular weight is 254 g/mol. The van der Waals surface area contributed by atoms with E-state index in [0.717, 1.165) is 31.7 Å². The third-order valence-corrected chi connectivity index (χ3v) is 3.32. The van der Waals surface area contributed by atoms with E-state index in [0.29, 0.717) is 13.2 Å². The molecule has 0 bridgehead atoms. The monoisotopic (exact) mass is 254 g/mol. The molecule has 6 nitrogen and oxygen atoms in total. The Bertz CT molecular complexity index is 367. The zero-order chi connectivity index (χ0) is 13.0. The van der Waals surface area contributed by atoms with E-state index in [1.807, 2.05) is 6.92 Å². The molecule has 0 amide bonds. The molecule has 0 saturated carbocycles. The molecule has 1 saturated heterocycles. The van der Waals surface area contributed by atoms with Crippen LogP contribution in [0.4, 0.5) is 0 Å². The van der Waals surface area contributed by atoms with E-state index in [2.05, 4.69) is 22.1 Å². The Morgan fingerprint density at radius 1 is 1.56 bits per heavy atom. The minimum Gasteiger partial charge on any atom is -0.384 e. The molecular weight excluding hydrogens is 232 g/mol. The lowest BCUT2D eigenvalue weighted by molar-refractivity contribution is -0.0921. The Morgan fingerprint density at radius 2 is 2.39 bits per heavy atom. The predicted molar refractivity (Wildman–Crippen MR) is 67.1 cm³/mol. The Kier molecular flexibility index (Phi) is 4.68. The van der Waals surface area contributed by atoms with E-state index >= 15 is 0 Å². The van der Waals surface area contributed by atoms with Gasteiger partial charge in [-0.15, -0.1) is 5.10 Å². The lowest BCUT2D eigenvalue weighted by Gasteiger charge is -2.34. The van der Waals surface area contributed by atoms with Crippen molar-refractivity contribution in [2.24, 2.45) is 0 Å². The van der Waals surface area contributed by atoms with Gasteiger partial charge in [0.2, 0.25) is 0 Å². The highest BCUT2D eigenvalue weighted by Crippen LogP contribution is 2.21. The summed E-state index contributed by atoms with van der Waals surface area (Å²) in [6.07, 6.45) is 1.90. The van der Waals surface area contributed by atoms with E-state index in [4.69, 9.17) is 4.74 Å². The molecule has 6 heteroatoms. The van der Waals surface area contributed by atoms with E-state index in [9.17, 15) is 5.11 Å². The Balaban J connectivity index is 2.02. The summed E-state index contributed by atoms with van der Waals surface area (Å²) in [7, 11) is 0. The van der Waals surface area contributed by atoms with Crippen LogP contribution < -0.4 is 0 Å². The third kappa shape index (κ3) is 2.88. The van der Waals surface area contributed by atoms with Crippen LogP contribution in [0.1, 0.15) is 32.1 Å². The average Bonchev–Trinajstić information content (AvgIpc) is 2.87. The van der Waals surface area contributed by atoms with Gasteiger partial charge < -0.3 is 9.84 Å². The number of nitrogens with zero attached hydrogens (tertiary/aromatic N) is 4. The van der Waals surface area contributed by atoms with Crippen molar-refractivity contribution in [3.63, 3.8) is 0 Å². The Labute approximate surface area is 108 Å². The lowest BCUT2D eigenvalue weighted by atomic mass is 10.1. The fourth-order valence-electron chi connectivity index (χ4n) is 2.37. The molecule has 1 aromatic rings. The first-order chi connectivity index (χ1) is 8.76. The molecule has 2 atom stereocenters. The molecule has 18 heavy (non-hydrogen) atoms. The molecular formula is C12H22N4O2. The topological polar surface area (TPSA) is 63.4 Å². The molecule has 1 fully saturated rings. The van der Waals surface area contributed by atoms with Crippen LogP contribution in [0.25, 0.3) is 0 Å². The smallest absolute Gasteiger partial charge is 0.125 e. The summed E-state index contributed by atoms with van der Waals surface area (Å²) < 4.78 is 7.39. The second kappa shape index (κ2) is 6.26. The van der Waals surface area contributed by atoms with Crippen LogP contribution in [0.3, 0.4) is 0 Å². The molecule has 2 unspecified atom stereocenters. The number of rotatable bonds is 5. The first-order valence-corrected chi connectivity index (χ1v) is 6.66. The molecule has 1 aromatic heterocycles. The van der Waals surface area contributed by atoms with Crippen LogP contribution in [0.2, 0.25) is 0 Å². The maximum atomic E-state index is 10.4. The molecule has 0 radical (unpaired) electrons. The van der Waals surface area contributed by atoms with Crippen molar-refractivity contribution < 1.29 is 9.84 Å². The Morgan fingerprint density at radius 3 is 3.11 bits per heavy atom. The third-order valence-electron chi connectivity index (χ3n) is 3.32. The summed E-state index contributed by atoms with van der Waals surface area (Å²) in [4.78, 5) is 2.33. The van der Waals surface area contributed by atoms with Crippen molar-refractivity contribution in [1.29, 1.82) is 0 Å². The van der Waals surface area contributed by atoms with Crippen LogP contribution >= 0.6 is 0 Å². The fourth-order valence-corrected chi connectivity index (χ4v) is 2.37. The first-order valence-electron chi connectivity index (χ1n) is 6.66. The van der Waals surface area contributed by atoms with E-state index in [-0.39, 0.29) is 6.10 Å². The van der Waals surface area contributed by atoms with E-state index in [1.165, 1.54) is 0 Å². The minimum atomic E-state index is -0.653. The van der Waals surface area contributed by atoms with Crippen LogP contribution in [-0.2, 0) is 11.3 Å². The maximum Gasteiger partial charge on any atom is 0.125 e. The number of hydrogen-bond donors (Lipinski definition) is 1. The van der Waals surface area contributed by atoms with Gasteiger partial charge in [0.25, 0.3) is 0 Å². The number of aromatic nitrogens is 3. The molecule has 0 aliphatic carbocycles. The summed E-state index contributed by atoms with van der Waals surface area (Å²) in [6, 6.07) is 0. The van der Waals surface area contributed by atoms with Gasteiger partial charge >= 0.3 is 0 Å². The van der Waals surface area contributed by atoms with E-state index in [1.54, 1.807) is 10.9 Å². The molecule has 102 valence electrons. The quantitative estimate of drug-likeness (QED) is 0.826. The van der Waals surface area contributed by atoms with Crippen molar-refractivity contribution in [3.8, 4) is 0 Å².